The van der Waals surface area contributed by atoms with Crippen LogP contribution in [0, 0.1) is 0 Å². The number of nitrogens with zero attached hydrogens (tertiary/aromatic N) is 3. The van der Waals surface area contributed by atoms with E-state index in [1.165, 1.54) is 9.21 Å². The van der Waals surface area contributed by atoms with Crippen LogP contribution in [-0.2, 0) is 16.2 Å². The van der Waals surface area contributed by atoms with Crippen LogP contribution in [0.3, 0.4) is 0 Å². The van der Waals surface area contributed by atoms with Crippen molar-refractivity contribution in [3.05, 3.63) is 71.9 Å². The summed E-state index contributed by atoms with van der Waals surface area (Å²) >= 11 is 0. The summed E-state index contributed by atoms with van der Waals surface area (Å²) < 4.78 is 64.9. The molecule has 0 radical (unpaired) electrons. The van der Waals surface area contributed by atoms with Crippen molar-refractivity contribution in [2.24, 2.45) is 0 Å². The zero-order chi connectivity index (χ0) is 22.2. The zero-order valence-corrected chi connectivity index (χ0v) is 17.0. The molecule has 0 atom stereocenters. The molecule has 1 amide bonds. The van der Waals surface area contributed by atoms with E-state index in [0.717, 1.165) is 29.7 Å². The highest BCUT2D eigenvalue weighted by Crippen LogP contribution is 2.30. The Kier molecular flexibility index (Phi) is 5.44. The van der Waals surface area contributed by atoms with E-state index in [9.17, 15) is 26.4 Å². The zero-order valence-electron chi connectivity index (χ0n) is 16.2. The summed E-state index contributed by atoms with van der Waals surface area (Å²) in [4.78, 5) is 18.5. The van der Waals surface area contributed by atoms with Crippen LogP contribution >= 0.6 is 0 Å². The molecule has 1 fully saturated rings. The quantitative estimate of drug-likeness (QED) is 0.615. The maximum Gasteiger partial charge on any atom is 0.416 e. The van der Waals surface area contributed by atoms with Gasteiger partial charge in [-0.2, -0.15) is 17.5 Å². The van der Waals surface area contributed by atoms with Crippen molar-refractivity contribution in [2.75, 3.05) is 26.2 Å². The molecule has 31 heavy (non-hydrogen) atoms. The second kappa shape index (κ2) is 7.93. The van der Waals surface area contributed by atoms with Gasteiger partial charge in [0.05, 0.1) is 16.0 Å². The number of para-hydroxylation sites is 1. The van der Waals surface area contributed by atoms with Crippen LogP contribution in [0.2, 0.25) is 0 Å². The number of carbonyl (C=O) groups is 1. The SMILES string of the molecule is O=C(c1ccc2ccccc2n1)N1CCN(S(=O)(=O)c2ccc(C(F)(F)F)cc2)CC1. The van der Waals surface area contributed by atoms with Gasteiger partial charge in [0, 0.05) is 31.6 Å². The van der Waals surface area contributed by atoms with Gasteiger partial charge in [-0.3, -0.25) is 4.79 Å². The van der Waals surface area contributed by atoms with E-state index >= 15 is 0 Å². The number of fused-ring (bicyclic) bond motifs is 1. The molecule has 1 aliphatic rings. The lowest BCUT2D eigenvalue weighted by molar-refractivity contribution is -0.137. The normalized spacial score (nSPS) is 15.9. The van der Waals surface area contributed by atoms with Crippen molar-refractivity contribution < 1.29 is 26.4 Å². The average Bonchev–Trinajstić information content (AvgIpc) is 2.78. The first-order chi connectivity index (χ1) is 14.7. The molecule has 162 valence electrons. The Morgan fingerprint density at radius 1 is 0.871 bits per heavy atom. The van der Waals surface area contributed by atoms with Crippen LogP contribution < -0.4 is 0 Å². The van der Waals surface area contributed by atoms with Crippen molar-refractivity contribution in [3.63, 3.8) is 0 Å². The van der Waals surface area contributed by atoms with Gasteiger partial charge in [0.1, 0.15) is 5.69 Å². The number of benzene rings is 2. The first kappa shape index (κ1) is 21.3. The molecule has 3 aromatic rings. The van der Waals surface area contributed by atoms with E-state index in [1.54, 1.807) is 18.2 Å². The number of sulfonamides is 1. The minimum Gasteiger partial charge on any atom is -0.335 e. The molecule has 0 spiro atoms. The maximum atomic E-state index is 12.8. The number of aromatic nitrogens is 1. The second-order valence-electron chi connectivity index (χ2n) is 7.11. The van der Waals surface area contributed by atoms with Crippen LogP contribution in [0.25, 0.3) is 10.9 Å². The monoisotopic (exact) mass is 449 g/mol. The minimum absolute atomic E-state index is 0.0443. The van der Waals surface area contributed by atoms with E-state index in [2.05, 4.69) is 4.98 Å². The molecular weight excluding hydrogens is 431 g/mol. The first-order valence-electron chi connectivity index (χ1n) is 9.49. The number of piperazine rings is 1. The van der Waals surface area contributed by atoms with Crippen molar-refractivity contribution in [1.29, 1.82) is 0 Å². The van der Waals surface area contributed by atoms with Gasteiger partial charge in [0.15, 0.2) is 0 Å². The number of carbonyl (C=O) groups excluding carboxylic acids is 1. The molecule has 0 bridgehead atoms. The molecule has 0 aliphatic carbocycles. The van der Waals surface area contributed by atoms with Crippen molar-refractivity contribution >= 4 is 26.8 Å². The van der Waals surface area contributed by atoms with E-state index in [1.807, 2.05) is 18.2 Å². The summed E-state index contributed by atoms with van der Waals surface area (Å²) in [7, 11) is -3.95. The lowest BCUT2D eigenvalue weighted by Crippen LogP contribution is -2.50. The molecule has 2 aromatic carbocycles. The molecule has 0 saturated carbocycles. The third-order valence-electron chi connectivity index (χ3n) is 5.16. The highest BCUT2D eigenvalue weighted by atomic mass is 32.2. The van der Waals surface area contributed by atoms with Gasteiger partial charge in [0.2, 0.25) is 10.0 Å². The Balaban J connectivity index is 1.45. The fourth-order valence-electron chi connectivity index (χ4n) is 3.44. The highest BCUT2D eigenvalue weighted by molar-refractivity contribution is 7.89. The molecule has 4 rings (SSSR count). The number of halogens is 3. The predicted molar refractivity (Wildman–Crippen MR) is 108 cm³/mol. The van der Waals surface area contributed by atoms with E-state index in [4.69, 9.17) is 0 Å². The summed E-state index contributed by atoms with van der Waals surface area (Å²) in [5, 5.41) is 0.909. The summed E-state index contributed by atoms with van der Waals surface area (Å²) in [5.74, 6) is -0.294. The highest BCUT2D eigenvalue weighted by Gasteiger charge is 2.33. The Hall–Kier alpha value is -2.98. The fourth-order valence-corrected chi connectivity index (χ4v) is 4.87. The van der Waals surface area contributed by atoms with E-state index in [-0.39, 0.29) is 42.7 Å². The summed E-state index contributed by atoms with van der Waals surface area (Å²) in [6, 6.07) is 14.2. The van der Waals surface area contributed by atoms with Gasteiger partial charge in [-0.15, -0.1) is 0 Å². The molecule has 0 unspecified atom stereocenters. The third-order valence-corrected chi connectivity index (χ3v) is 7.08. The van der Waals surface area contributed by atoms with E-state index in [0.29, 0.717) is 5.52 Å². The summed E-state index contributed by atoms with van der Waals surface area (Å²) in [6.07, 6.45) is -4.54. The number of hydrogen-bond acceptors (Lipinski definition) is 4. The maximum absolute atomic E-state index is 12.8. The number of pyridine rings is 1. The molecular formula is C21H18F3N3O3S. The van der Waals surface area contributed by atoms with Gasteiger partial charge < -0.3 is 4.90 Å². The van der Waals surface area contributed by atoms with Gasteiger partial charge >= 0.3 is 6.18 Å². The Labute approximate surface area is 177 Å². The van der Waals surface area contributed by atoms with Crippen molar-refractivity contribution in [2.45, 2.75) is 11.1 Å². The number of hydrogen-bond donors (Lipinski definition) is 0. The topological polar surface area (TPSA) is 70.6 Å². The Morgan fingerprint density at radius 2 is 1.52 bits per heavy atom. The van der Waals surface area contributed by atoms with Gasteiger partial charge in [-0.05, 0) is 36.4 Å². The Bertz CT molecular complexity index is 1220. The van der Waals surface area contributed by atoms with Gasteiger partial charge in [0.25, 0.3) is 5.91 Å². The van der Waals surface area contributed by atoms with Crippen molar-refractivity contribution in [1.82, 2.24) is 14.2 Å². The van der Waals surface area contributed by atoms with Crippen LogP contribution in [0.1, 0.15) is 16.1 Å². The van der Waals surface area contributed by atoms with Crippen LogP contribution in [0.4, 0.5) is 13.2 Å². The summed E-state index contributed by atoms with van der Waals surface area (Å²) in [5.41, 5.74) is 0.0550. The lowest BCUT2D eigenvalue weighted by atomic mass is 10.2. The first-order valence-corrected chi connectivity index (χ1v) is 10.9. The molecule has 1 aromatic heterocycles. The second-order valence-corrected chi connectivity index (χ2v) is 9.05. The summed E-state index contributed by atoms with van der Waals surface area (Å²) in [6.45, 7) is 0.408. The number of rotatable bonds is 3. The Morgan fingerprint density at radius 3 is 2.16 bits per heavy atom. The number of amides is 1. The fraction of sp³-hybridized carbons (Fsp3) is 0.238. The molecule has 2 heterocycles. The van der Waals surface area contributed by atoms with Crippen LogP contribution in [0.15, 0.2) is 65.6 Å². The largest absolute Gasteiger partial charge is 0.416 e. The third kappa shape index (κ3) is 4.26. The minimum atomic E-state index is -4.54. The van der Waals surface area contributed by atoms with Gasteiger partial charge in [-0.1, -0.05) is 24.3 Å². The van der Waals surface area contributed by atoms with Crippen LogP contribution in [-0.4, -0.2) is 54.7 Å². The predicted octanol–water partition coefficient (Wildman–Crippen LogP) is 3.40. The van der Waals surface area contributed by atoms with E-state index < -0.39 is 21.8 Å². The molecule has 10 heteroatoms. The molecule has 6 nitrogen and oxygen atoms in total. The standard InChI is InChI=1S/C21H18F3N3O3S/c22-21(23,24)16-6-8-17(9-7-16)31(29,30)27-13-11-26(12-14-27)20(28)19-10-5-15-3-1-2-4-18(15)25-19/h1-10H,11-14H2. The van der Waals surface area contributed by atoms with Crippen molar-refractivity contribution in [3.8, 4) is 0 Å². The average molecular weight is 449 g/mol. The lowest BCUT2D eigenvalue weighted by Gasteiger charge is -2.33. The molecule has 1 aliphatic heterocycles. The smallest absolute Gasteiger partial charge is 0.335 e. The number of alkyl halides is 3. The van der Waals surface area contributed by atoms with Crippen LogP contribution in [0.5, 0.6) is 0 Å². The van der Waals surface area contributed by atoms with Gasteiger partial charge in [-0.25, -0.2) is 13.4 Å². The molecule has 1 saturated heterocycles. The molecule has 0 N–H and O–H groups in total.